The van der Waals surface area contributed by atoms with Crippen LogP contribution < -0.4 is 22.1 Å². The molecule has 0 unspecified atom stereocenters. The van der Waals surface area contributed by atoms with E-state index in [1.807, 2.05) is 6.26 Å². The van der Waals surface area contributed by atoms with Crippen molar-refractivity contribution in [2.75, 3.05) is 6.26 Å². The van der Waals surface area contributed by atoms with E-state index in [1.165, 1.54) is 11.8 Å². The summed E-state index contributed by atoms with van der Waals surface area (Å²) >= 11 is 1.40. The molecule has 1 rings (SSSR count). The number of pyridine rings is 1. The Hall–Kier alpha value is -0.240. The minimum atomic E-state index is 0.228. The Balaban J connectivity index is 3.42. The van der Waals surface area contributed by atoms with E-state index in [-0.39, 0.29) is 11.2 Å². The lowest BCUT2D eigenvalue weighted by molar-refractivity contribution is 1.44. The minimum Gasteiger partial charge on any atom is -0.282 e. The van der Waals surface area contributed by atoms with E-state index < -0.39 is 0 Å². The van der Waals surface area contributed by atoms with Gasteiger partial charge in [0.15, 0.2) is 0 Å². The van der Waals surface area contributed by atoms with Crippen molar-refractivity contribution in [3.05, 3.63) is 0 Å². The molecule has 6 heteroatoms. The van der Waals surface area contributed by atoms with Gasteiger partial charge in [-0.15, -0.1) is 11.8 Å². The molecule has 12 heavy (non-hydrogen) atoms. The fourth-order valence-electron chi connectivity index (χ4n) is 0.848. The van der Waals surface area contributed by atoms with Crippen LogP contribution in [-0.2, 0) is 0 Å². The highest BCUT2D eigenvalue weighted by Gasteiger charge is 2.05. The summed E-state index contributed by atoms with van der Waals surface area (Å²) in [4.78, 5) is 4.47. The van der Waals surface area contributed by atoms with Crippen molar-refractivity contribution in [1.82, 2.24) is 4.98 Å². The van der Waals surface area contributed by atoms with Crippen molar-refractivity contribution in [2.24, 2.45) is 0 Å². The van der Waals surface area contributed by atoms with Crippen LogP contribution in [0, 0.1) is 0 Å². The third-order valence-electron chi connectivity index (χ3n) is 1.49. The quantitative estimate of drug-likeness (QED) is 0.324. The molecule has 0 atom stereocenters. The summed E-state index contributed by atoms with van der Waals surface area (Å²) < 4.78 is 0. The molecule has 0 fully saturated rings. The Bertz CT molecular complexity index is 289. The van der Waals surface area contributed by atoms with Gasteiger partial charge in [-0.2, -0.15) is 0 Å². The van der Waals surface area contributed by atoms with Crippen molar-refractivity contribution in [2.45, 2.75) is 4.90 Å². The number of thioether (sulfide) groups is 1. The van der Waals surface area contributed by atoms with Crippen LogP contribution in [0.1, 0.15) is 0 Å². The van der Waals surface area contributed by atoms with Crippen molar-refractivity contribution in [3.63, 3.8) is 0 Å². The first-order valence-corrected chi connectivity index (χ1v) is 4.44. The minimum absolute atomic E-state index is 0.228. The van der Waals surface area contributed by atoms with Crippen LogP contribution in [0.5, 0.6) is 0 Å². The van der Waals surface area contributed by atoms with Crippen LogP contribution in [0.3, 0.4) is 0 Å². The Kier molecular flexibility index (Phi) is 2.99. The molecule has 0 saturated carbocycles. The zero-order chi connectivity index (χ0) is 9.30. The molecule has 0 bridgehead atoms. The van der Waals surface area contributed by atoms with Gasteiger partial charge in [0.05, 0.1) is 0 Å². The first-order valence-electron chi connectivity index (χ1n) is 3.21. The van der Waals surface area contributed by atoms with Gasteiger partial charge in [0, 0.05) is 0 Å². The van der Waals surface area contributed by atoms with Gasteiger partial charge in [0.1, 0.15) is 31.4 Å². The predicted molar refractivity (Wildman–Crippen MR) is 57.6 cm³/mol. The third kappa shape index (κ3) is 1.58. The normalized spacial score (nSPS) is 10.1. The van der Waals surface area contributed by atoms with E-state index in [0.717, 1.165) is 0 Å². The molecular weight excluding hydrogens is 161 g/mol. The second kappa shape index (κ2) is 3.65. The third-order valence-corrected chi connectivity index (χ3v) is 2.33. The molecule has 1 nitrogen and oxygen atoms in total. The summed E-state index contributed by atoms with van der Waals surface area (Å²) in [5.74, 6) is 0. The van der Waals surface area contributed by atoms with Crippen LogP contribution in [0.15, 0.2) is 4.90 Å². The maximum absolute atomic E-state index is 5.62. The second-order valence-corrected chi connectivity index (χ2v) is 3.06. The van der Waals surface area contributed by atoms with E-state index in [1.54, 1.807) is 0 Å². The van der Waals surface area contributed by atoms with Gasteiger partial charge >= 0.3 is 0 Å². The van der Waals surface area contributed by atoms with E-state index in [0.29, 0.717) is 15.8 Å². The van der Waals surface area contributed by atoms with Gasteiger partial charge in [0.2, 0.25) is 0 Å². The zero-order valence-corrected chi connectivity index (χ0v) is 7.48. The Labute approximate surface area is 81.7 Å². The molecule has 0 N–H and O–H groups in total. The molecular formula is C6H3B4NS. The molecule has 0 saturated heterocycles. The first-order chi connectivity index (χ1) is 5.57. The van der Waals surface area contributed by atoms with E-state index in [4.69, 9.17) is 31.4 Å². The van der Waals surface area contributed by atoms with Crippen molar-refractivity contribution in [3.8, 4) is 0 Å². The molecule has 0 spiro atoms. The van der Waals surface area contributed by atoms with E-state index in [2.05, 4.69) is 4.98 Å². The molecule has 1 aromatic rings. The molecule has 8 radical (unpaired) electrons. The highest BCUT2D eigenvalue weighted by Crippen LogP contribution is 2.03. The van der Waals surface area contributed by atoms with Gasteiger partial charge in [-0.1, -0.05) is 10.9 Å². The Morgan fingerprint density at radius 3 is 1.75 bits per heavy atom. The Morgan fingerprint density at radius 1 is 1.00 bits per heavy atom. The Morgan fingerprint density at radius 2 is 1.42 bits per heavy atom. The number of aromatic nitrogens is 1. The summed E-state index contributed by atoms with van der Waals surface area (Å²) in [6, 6.07) is 0. The fourth-order valence-corrected chi connectivity index (χ4v) is 1.50. The highest BCUT2D eigenvalue weighted by molar-refractivity contribution is 7.99. The largest absolute Gasteiger partial charge is 0.282 e. The van der Waals surface area contributed by atoms with Gasteiger partial charge < -0.3 is 0 Å². The summed E-state index contributed by atoms with van der Waals surface area (Å²) in [5.41, 5.74) is 1.25. The van der Waals surface area contributed by atoms with Crippen molar-refractivity contribution < 1.29 is 0 Å². The van der Waals surface area contributed by atoms with Crippen LogP contribution >= 0.6 is 11.8 Å². The number of rotatable bonds is 1. The number of nitrogens with zero attached hydrogens (tertiary/aromatic N) is 1. The molecule has 0 aliphatic carbocycles. The molecule has 50 valence electrons. The van der Waals surface area contributed by atoms with Crippen LogP contribution in [-0.4, -0.2) is 42.6 Å². The predicted octanol–water partition coefficient (Wildman–Crippen LogP) is -3.02. The molecule has 0 aliphatic heterocycles. The average molecular weight is 164 g/mol. The lowest BCUT2D eigenvalue weighted by Crippen LogP contribution is -2.45. The number of hydrogen-bond acceptors (Lipinski definition) is 2. The topological polar surface area (TPSA) is 12.9 Å². The van der Waals surface area contributed by atoms with Crippen molar-refractivity contribution >= 4 is 65.3 Å². The summed E-state index contributed by atoms with van der Waals surface area (Å²) in [6.07, 6.45) is 1.85. The van der Waals surface area contributed by atoms with Gasteiger partial charge in [-0.3, -0.25) is 4.98 Å². The van der Waals surface area contributed by atoms with Gasteiger partial charge in [0.25, 0.3) is 0 Å². The second-order valence-electron chi connectivity index (χ2n) is 2.24. The standard InChI is InChI=1S/C6H3B4NS/c1-12-4-2(7)5(9)11-6(10)3(4)8/h1H3. The van der Waals surface area contributed by atoms with Crippen LogP contribution in [0.25, 0.3) is 0 Å². The van der Waals surface area contributed by atoms with Crippen LogP contribution in [0.2, 0.25) is 0 Å². The first kappa shape index (κ1) is 9.84. The van der Waals surface area contributed by atoms with Gasteiger partial charge in [-0.05, 0) is 22.3 Å². The molecule has 1 aromatic heterocycles. The van der Waals surface area contributed by atoms with E-state index in [9.17, 15) is 0 Å². The molecule has 0 aliphatic rings. The molecule has 0 aromatic carbocycles. The monoisotopic (exact) mass is 165 g/mol. The van der Waals surface area contributed by atoms with Gasteiger partial charge in [-0.25, -0.2) is 0 Å². The summed E-state index contributed by atoms with van der Waals surface area (Å²) in [6.45, 7) is 0. The maximum atomic E-state index is 5.62. The smallest absolute Gasteiger partial charge is 0.140 e. The number of hydrogen-bond donors (Lipinski definition) is 0. The van der Waals surface area contributed by atoms with Crippen molar-refractivity contribution in [1.29, 1.82) is 0 Å². The maximum Gasteiger partial charge on any atom is 0.140 e. The fraction of sp³-hybridized carbons (Fsp3) is 0.167. The lowest BCUT2D eigenvalue weighted by Gasteiger charge is -2.13. The molecule has 1 heterocycles. The highest BCUT2D eigenvalue weighted by atomic mass is 32.2. The molecule has 0 amide bonds. The summed E-state index contributed by atoms with van der Waals surface area (Å²) in [5, 5.41) is 0. The summed E-state index contributed by atoms with van der Waals surface area (Å²) in [7, 11) is 22.2. The lowest BCUT2D eigenvalue weighted by atomic mass is 9.77. The van der Waals surface area contributed by atoms with E-state index >= 15 is 0 Å². The SMILES string of the molecule is [B]c1nc([B])c([B])c(SC)c1[B]. The average Bonchev–Trinajstić information content (AvgIpc) is 2.02. The van der Waals surface area contributed by atoms with Crippen LogP contribution in [0.4, 0.5) is 0 Å². The zero-order valence-electron chi connectivity index (χ0n) is 6.66.